The predicted molar refractivity (Wildman–Crippen MR) is 133 cm³/mol. The van der Waals surface area contributed by atoms with Crippen molar-refractivity contribution in [1.82, 2.24) is 9.88 Å². The molecular weight excluding hydrogens is 472 g/mol. The summed E-state index contributed by atoms with van der Waals surface area (Å²) < 4.78 is 5.35. The third-order valence-corrected chi connectivity index (χ3v) is 7.20. The van der Waals surface area contributed by atoms with Gasteiger partial charge in [-0.3, -0.25) is 9.59 Å². The van der Waals surface area contributed by atoms with E-state index in [1.165, 1.54) is 11.3 Å². The molecule has 1 atom stereocenters. The molecule has 0 fully saturated rings. The zero-order chi connectivity index (χ0) is 23.8. The number of ether oxygens (including phenoxy) is 1. The molecule has 172 valence electrons. The minimum absolute atomic E-state index is 0.0929. The first-order chi connectivity index (χ1) is 16.5. The van der Waals surface area contributed by atoms with Gasteiger partial charge in [-0.1, -0.05) is 29.8 Å². The molecule has 0 spiro atoms. The van der Waals surface area contributed by atoms with E-state index in [-0.39, 0.29) is 11.4 Å². The van der Waals surface area contributed by atoms with E-state index in [0.29, 0.717) is 28.4 Å². The number of aromatic nitrogens is 1. The fourth-order valence-corrected chi connectivity index (χ4v) is 5.18. The Kier molecular flexibility index (Phi) is 5.89. The Morgan fingerprint density at radius 1 is 1.21 bits per heavy atom. The number of hydrogen-bond donors (Lipinski definition) is 2. The smallest absolute Gasteiger partial charge is 0.290 e. The molecule has 4 aromatic rings. The number of aliphatic hydroxyl groups is 1. The summed E-state index contributed by atoms with van der Waals surface area (Å²) in [6, 6.07) is 15.5. The van der Waals surface area contributed by atoms with Crippen LogP contribution in [0.1, 0.15) is 26.8 Å². The van der Waals surface area contributed by atoms with E-state index in [9.17, 15) is 14.7 Å². The standard InChI is InChI=1S/C26H21ClN2O4S/c1-33-18-8-9-20-19(13-18)16(14-28-20)10-11-29-23(15-4-6-17(27)7-5-15)22(25(31)26(29)32)24(30)21-3-2-12-34-21/h2-9,12-14,23,28,31H,10-11H2,1H3/t23-/m0/s1. The number of nitrogens with one attached hydrogen (secondary N) is 1. The van der Waals surface area contributed by atoms with Gasteiger partial charge < -0.3 is 19.7 Å². The van der Waals surface area contributed by atoms with Gasteiger partial charge in [0.15, 0.2) is 5.76 Å². The molecule has 3 heterocycles. The number of amides is 1. The maximum Gasteiger partial charge on any atom is 0.290 e. The van der Waals surface area contributed by atoms with Crippen LogP contribution >= 0.6 is 22.9 Å². The van der Waals surface area contributed by atoms with Gasteiger partial charge in [0.2, 0.25) is 5.78 Å². The SMILES string of the molecule is COc1ccc2[nH]cc(CCN3C(=O)C(O)=C(C(=O)c4cccs4)[C@@H]3c3ccc(Cl)cc3)c2c1. The van der Waals surface area contributed by atoms with Gasteiger partial charge in [0.1, 0.15) is 5.75 Å². The van der Waals surface area contributed by atoms with E-state index < -0.39 is 17.7 Å². The van der Waals surface area contributed by atoms with Crippen molar-refractivity contribution in [1.29, 1.82) is 0 Å². The minimum atomic E-state index is -0.709. The second-order valence-electron chi connectivity index (χ2n) is 8.00. The van der Waals surface area contributed by atoms with Crippen molar-refractivity contribution in [3.63, 3.8) is 0 Å². The highest BCUT2D eigenvalue weighted by Gasteiger charge is 2.43. The van der Waals surface area contributed by atoms with Gasteiger partial charge in [-0.2, -0.15) is 0 Å². The molecule has 2 aromatic carbocycles. The zero-order valence-corrected chi connectivity index (χ0v) is 19.8. The molecule has 34 heavy (non-hydrogen) atoms. The lowest BCUT2D eigenvalue weighted by atomic mass is 9.95. The Bertz CT molecular complexity index is 1410. The number of rotatable bonds is 7. The second kappa shape index (κ2) is 9.00. The Balaban J connectivity index is 1.50. The number of carbonyl (C=O) groups is 2. The summed E-state index contributed by atoms with van der Waals surface area (Å²) >= 11 is 7.36. The highest BCUT2D eigenvalue weighted by Crippen LogP contribution is 2.40. The van der Waals surface area contributed by atoms with Crippen molar-refractivity contribution < 1.29 is 19.4 Å². The number of halogens is 1. The highest BCUT2D eigenvalue weighted by molar-refractivity contribution is 7.12. The first-order valence-electron chi connectivity index (χ1n) is 10.7. The summed E-state index contributed by atoms with van der Waals surface area (Å²) in [7, 11) is 1.62. The largest absolute Gasteiger partial charge is 0.503 e. The lowest BCUT2D eigenvalue weighted by Gasteiger charge is -2.27. The molecule has 6 nitrogen and oxygen atoms in total. The summed E-state index contributed by atoms with van der Waals surface area (Å²) in [6.07, 6.45) is 2.43. The first-order valence-corrected chi connectivity index (χ1v) is 12.0. The topological polar surface area (TPSA) is 82.6 Å². The molecule has 0 radical (unpaired) electrons. The van der Waals surface area contributed by atoms with Crippen molar-refractivity contribution in [3.8, 4) is 5.75 Å². The molecule has 1 amide bonds. The normalized spacial score (nSPS) is 16.0. The van der Waals surface area contributed by atoms with E-state index in [1.807, 2.05) is 24.4 Å². The first kappa shape index (κ1) is 22.3. The minimum Gasteiger partial charge on any atom is -0.503 e. The summed E-state index contributed by atoms with van der Waals surface area (Å²) in [5.74, 6) is -0.663. The fraction of sp³-hybridized carbons (Fsp3) is 0.154. The number of benzene rings is 2. The van der Waals surface area contributed by atoms with Gasteiger partial charge in [0.05, 0.1) is 23.6 Å². The van der Waals surface area contributed by atoms with Crippen LogP contribution in [-0.4, -0.2) is 40.3 Å². The van der Waals surface area contributed by atoms with Crippen molar-refractivity contribution in [2.45, 2.75) is 12.5 Å². The van der Waals surface area contributed by atoms with Crippen LogP contribution in [0.5, 0.6) is 5.75 Å². The van der Waals surface area contributed by atoms with Crippen LogP contribution in [0.3, 0.4) is 0 Å². The number of aliphatic hydroxyl groups excluding tert-OH is 1. The highest BCUT2D eigenvalue weighted by atomic mass is 35.5. The molecule has 2 N–H and O–H groups in total. The molecule has 8 heteroatoms. The molecule has 2 aromatic heterocycles. The van der Waals surface area contributed by atoms with E-state index in [0.717, 1.165) is 22.2 Å². The fourth-order valence-electron chi connectivity index (χ4n) is 4.38. The Morgan fingerprint density at radius 2 is 2.00 bits per heavy atom. The zero-order valence-electron chi connectivity index (χ0n) is 18.2. The number of H-pyrrole nitrogens is 1. The molecule has 0 aliphatic carbocycles. The second-order valence-corrected chi connectivity index (χ2v) is 9.38. The third-order valence-electron chi connectivity index (χ3n) is 6.08. The third kappa shape index (κ3) is 3.87. The van der Waals surface area contributed by atoms with Crippen LogP contribution in [0.2, 0.25) is 5.02 Å². The lowest BCUT2D eigenvalue weighted by molar-refractivity contribution is -0.129. The van der Waals surface area contributed by atoms with E-state index in [2.05, 4.69) is 4.98 Å². The average Bonchev–Trinajstić information content (AvgIpc) is 3.58. The summed E-state index contributed by atoms with van der Waals surface area (Å²) in [6.45, 7) is 0.307. The molecule has 1 aliphatic heterocycles. The van der Waals surface area contributed by atoms with Gasteiger partial charge >= 0.3 is 0 Å². The van der Waals surface area contributed by atoms with Crippen LogP contribution in [-0.2, 0) is 11.2 Å². The average molecular weight is 493 g/mol. The number of methoxy groups -OCH3 is 1. The molecule has 0 unspecified atom stereocenters. The molecule has 5 rings (SSSR count). The number of carbonyl (C=O) groups excluding carboxylic acids is 2. The van der Waals surface area contributed by atoms with Gasteiger partial charge in [-0.15, -0.1) is 11.3 Å². The van der Waals surface area contributed by atoms with Crippen molar-refractivity contribution in [2.24, 2.45) is 0 Å². The molecule has 1 aliphatic rings. The van der Waals surface area contributed by atoms with Crippen LogP contribution in [0.15, 0.2) is 77.5 Å². The van der Waals surface area contributed by atoms with Gasteiger partial charge in [-0.25, -0.2) is 0 Å². The maximum absolute atomic E-state index is 13.3. The maximum atomic E-state index is 13.3. The van der Waals surface area contributed by atoms with Gasteiger partial charge in [-0.05, 0) is 59.3 Å². The number of nitrogens with zero attached hydrogens (tertiary/aromatic N) is 1. The number of thiophene rings is 1. The van der Waals surface area contributed by atoms with Crippen molar-refractivity contribution in [2.75, 3.05) is 13.7 Å². The van der Waals surface area contributed by atoms with Crippen LogP contribution < -0.4 is 4.74 Å². The van der Waals surface area contributed by atoms with E-state index in [4.69, 9.17) is 16.3 Å². The van der Waals surface area contributed by atoms with E-state index in [1.54, 1.807) is 53.8 Å². The Labute approximate surface area is 205 Å². The number of Topliss-reactive ketones (excluding diaryl/α,β-unsaturated/α-hetero) is 1. The quantitative estimate of drug-likeness (QED) is 0.323. The van der Waals surface area contributed by atoms with Crippen LogP contribution in [0.4, 0.5) is 0 Å². The Hall–Kier alpha value is -3.55. The molecular formula is C26H21ClN2O4S. The predicted octanol–water partition coefficient (Wildman–Crippen LogP) is 5.71. The van der Waals surface area contributed by atoms with Crippen molar-refractivity contribution >= 4 is 45.5 Å². The van der Waals surface area contributed by atoms with Crippen molar-refractivity contribution in [3.05, 3.63) is 98.5 Å². The lowest BCUT2D eigenvalue weighted by Crippen LogP contribution is -2.33. The van der Waals surface area contributed by atoms with Crippen LogP contribution in [0.25, 0.3) is 10.9 Å². The van der Waals surface area contributed by atoms with Crippen LogP contribution in [0, 0.1) is 0 Å². The number of ketones is 1. The summed E-state index contributed by atoms with van der Waals surface area (Å²) in [5, 5.41) is 14.1. The summed E-state index contributed by atoms with van der Waals surface area (Å²) in [4.78, 5) is 31.8. The molecule has 0 bridgehead atoms. The number of aromatic amines is 1. The van der Waals surface area contributed by atoms with Gasteiger partial charge in [0.25, 0.3) is 5.91 Å². The van der Waals surface area contributed by atoms with Gasteiger partial charge in [0, 0.05) is 28.7 Å². The Morgan fingerprint density at radius 3 is 2.71 bits per heavy atom. The number of fused-ring (bicyclic) bond motifs is 1. The molecule has 0 saturated carbocycles. The van der Waals surface area contributed by atoms with E-state index >= 15 is 0 Å². The monoisotopic (exact) mass is 492 g/mol. The summed E-state index contributed by atoms with van der Waals surface area (Å²) in [5.41, 5.74) is 2.78. The molecule has 0 saturated heterocycles. The number of hydrogen-bond acceptors (Lipinski definition) is 5.